The first-order valence-corrected chi connectivity index (χ1v) is 8.78. The number of hydrogen-bond donors (Lipinski definition) is 2. The quantitative estimate of drug-likeness (QED) is 0.432. The zero-order chi connectivity index (χ0) is 15.6. The molecule has 1 saturated heterocycles. The van der Waals surface area contributed by atoms with E-state index < -0.39 is 0 Å². The van der Waals surface area contributed by atoms with Gasteiger partial charge in [-0.25, -0.2) is 9.98 Å². The van der Waals surface area contributed by atoms with Crippen LogP contribution in [0.4, 0.5) is 0 Å². The van der Waals surface area contributed by atoms with E-state index in [0.29, 0.717) is 6.54 Å². The summed E-state index contributed by atoms with van der Waals surface area (Å²) in [6.45, 7) is 8.79. The second-order valence-corrected chi connectivity index (χ2v) is 6.13. The molecule has 0 aromatic carbocycles. The van der Waals surface area contributed by atoms with Gasteiger partial charge in [0, 0.05) is 31.2 Å². The van der Waals surface area contributed by atoms with E-state index >= 15 is 0 Å². The van der Waals surface area contributed by atoms with Gasteiger partial charge in [-0.2, -0.15) is 0 Å². The van der Waals surface area contributed by atoms with Crippen molar-refractivity contribution in [2.24, 2.45) is 4.99 Å². The number of ether oxygens (including phenoxy) is 2. The topological polar surface area (TPSA) is 67.8 Å². The van der Waals surface area contributed by atoms with Crippen molar-refractivity contribution in [2.75, 3.05) is 32.9 Å². The molecule has 0 bridgehead atoms. The van der Waals surface area contributed by atoms with E-state index in [1.165, 1.54) is 4.88 Å². The predicted octanol–water partition coefficient (Wildman–Crippen LogP) is 1.70. The van der Waals surface area contributed by atoms with E-state index in [1.54, 1.807) is 11.3 Å². The van der Waals surface area contributed by atoms with E-state index in [9.17, 15) is 0 Å². The lowest BCUT2D eigenvalue weighted by molar-refractivity contribution is 0.0420. The van der Waals surface area contributed by atoms with Crippen molar-refractivity contribution in [1.29, 1.82) is 0 Å². The average Bonchev–Trinajstić information content (AvgIpc) is 3.16. The number of rotatable bonds is 8. The molecule has 1 aliphatic rings. The molecule has 1 atom stereocenters. The molecule has 0 aliphatic carbocycles. The van der Waals surface area contributed by atoms with Crippen LogP contribution < -0.4 is 10.6 Å². The Hall–Kier alpha value is -1.18. The van der Waals surface area contributed by atoms with Gasteiger partial charge in [-0.3, -0.25) is 0 Å². The van der Waals surface area contributed by atoms with Crippen molar-refractivity contribution in [1.82, 2.24) is 15.6 Å². The van der Waals surface area contributed by atoms with Gasteiger partial charge in [0.15, 0.2) is 5.96 Å². The molecule has 2 heterocycles. The third-order valence-electron chi connectivity index (χ3n) is 3.42. The van der Waals surface area contributed by atoms with Crippen LogP contribution in [-0.2, 0) is 16.0 Å². The van der Waals surface area contributed by atoms with Gasteiger partial charge >= 0.3 is 0 Å². The van der Waals surface area contributed by atoms with Gasteiger partial charge in [0.2, 0.25) is 0 Å². The number of aryl methyl sites for hydroxylation is 1. The Balaban J connectivity index is 1.65. The summed E-state index contributed by atoms with van der Waals surface area (Å²) in [5.74, 6) is 0.847. The Morgan fingerprint density at radius 1 is 1.55 bits per heavy atom. The summed E-state index contributed by atoms with van der Waals surface area (Å²) in [6.07, 6.45) is 2.27. The standard InChI is InChI=1S/C15H26N4O2S/c1-3-16-15(18-9-14-12(2)19-11-22-14)17-6-4-7-21-13-5-8-20-10-13/h11,13H,3-10H2,1-2H3,(H2,16,17,18). The second-order valence-electron chi connectivity index (χ2n) is 5.19. The highest BCUT2D eigenvalue weighted by atomic mass is 32.1. The van der Waals surface area contributed by atoms with E-state index in [4.69, 9.17) is 9.47 Å². The van der Waals surface area contributed by atoms with Gasteiger partial charge in [-0.1, -0.05) is 0 Å². The first-order chi connectivity index (χ1) is 10.8. The first kappa shape index (κ1) is 17.2. The fourth-order valence-electron chi connectivity index (χ4n) is 2.14. The monoisotopic (exact) mass is 326 g/mol. The van der Waals surface area contributed by atoms with Gasteiger partial charge in [0.05, 0.1) is 30.5 Å². The molecule has 1 aromatic rings. The van der Waals surface area contributed by atoms with Crippen molar-refractivity contribution < 1.29 is 9.47 Å². The molecule has 2 N–H and O–H groups in total. The van der Waals surface area contributed by atoms with Gasteiger partial charge < -0.3 is 20.1 Å². The molecule has 0 amide bonds. The largest absolute Gasteiger partial charge is 0.379 e. The zero-order valence-corrected chi connectivity index (χ0v) is 14.2. The Kier molecular flexibility index (Phi) is 7.62. The average molecular weight is 326 g/mol. The van der Waals surface area contributed by atoms with Crippen molar-refractivity contribution in [2.45, 2.75) is 39.3 Å². The SMILES string of the molecule is CCNC(=NCc1scnc1C)NCCCOC1CCOC1. The molecular formula is C15H26N4O2S. The van der Waals surface area contributed by atoms with Crippen LogP contribution in [0.15, 0.2) is 10.5 Å². The number of nitrogens with zero attached hydrogens (tertiary/aromatic N) is 2. The Bertz CT molecular complexity index is 458. The molecule has 6 nitrogen and oxygen atoms in total. The zero-order valence-electron chi connectivity index (χ0n) is 13.4. The number of hydrogen-bond acceptors (Lipinski definition) is 5. The molecule has 1 fully saturated rings. The summed E-state index contributed by atoms with van der Waals surface area (Å²) in [6, 6.07) is 0. The molecular weight excluding hydrogens is 300 g/mol. The number of nitrogens with one attached hydrogen (secondary N) is 2. The lowest BCUT2D eigenvalue weighted by atomic mass is 10.3. The van der Waals surface area contributed by atoms with Crippen molar-refractivity contribution >= 4 is 17.3 Å². The van der Waals surface area contributed by atoms with Crippen LogP contribution in [0.1, 0.15) is 30.3 Å². The summed E-state index contributed by atoms with van der Waals surface area (Å²) < 4.78 is 11.0. The van der Waals surface area contributed by atoms with Crippen LogP contribution in [0.25, 0.3) is 0 Å². The van der Waals surface area contributed by atoms with E-state index in [-0.39, 0.29) is 6.10 Å². The maximum absolute atomic E-state index is 5.75. The lowest BCUT2D eigenvalue weighted by Gasteiger charge is -2.12. The smallest absolute Gasteiger partial charge is 0.191 e. The van der Waals surface area contributed by atoms with Gasteiger partial charge in [0.25, 0.3) is 0 Å². The Morgan fingerprint density at radius 3 is 3.14 bits per heavy atom. The van der Waals surface area contributed by atoms with Crippen molar-refractivity contribution in [3.05, 3.63) is 16.1 Å². The van der Waals surface area contributed by atoms with E-state index in [0.717, 1.165) is 57.4 Å². The number of thiazole rings is 1. The van der Waals surface area contributed by atoms with Gasteiger partial charge in [-0.05, 0) is 26.7 Å². The highest BCUT2D eigenvalue weighted by molar-refractivity contribution is 7.09. The van der Waals surface area contributed by atoms with Crippen LogP contribution in [0.2, 0.25) is 0 Å². The molecule has 124 valence electrons. The minimum atomic E-state index is 0.288. The molecule has 1 aliphatic heterocycles. The molecule has 22 heavy (non-hydrogen) atoms. The minimum Gasteiger partial charge on any atom is -0.379 e. The van der Waals surface area contributed by atoms with Crippen molar-refractivity contribution in [3.8, 4) is 0 Å². The molecule has 1 unspecified atom stereocenters. The van der Waals surface area contributed by atoms with Crippen LogP contribution in [-0.4, -0.2) is 50.0 Å². The highest BCUT2D eigenvalue weighted by Gasteiger charge is 2.15. The Morgan fingerprint density at radius 2 is 2.45 bits per heavy atom. The number of guanidine groups is 1. The van der Waals surface area contributed by atoms with Crippen LogP contribution in [0, 0.1) is 6.92 Å². The second kappa shape index (κ2) is 9.76. The van der Waals surface area contributed by atoms with Crippen molar-refractivity contribution in [3.63, 3.8) is 0 Å². The molecule has 2 rings (SSSR count). The fraction of sp³-hybridized carbons (Fsp3) is 0.733. The predicted molar refractivity (Wildman–Crippen MR) is 89.5 cm³/mol. The minimum absolute atomic E-state index is 0.288. The normalized spacial score (nSPS) is 18.6. The maximum atomic E-state index is 5.75. The summed E-state index contributed by atoms with van der Waals surface area (Å²) in [7, 11) is 0. The van der Waals surface area contributed by atoms with E-state index in [2.05, 4.69) is 27.5 Å². The third-order valence-corrected chi connectivity index (χ3v) is 4.34. The number of aliphatic imine (C=N–C) groups is 1. The maximum Gasteiger partial charge on any atom is 0.191 e. The molecule has 0 saturated carbocycles. The lowest BCUT2D eigenvalue weighted by Crippen LogP contribution is -2.38. The Labute approximate surface area is 136 Å². The number of aromatic nitrogens is 1. The highest BCUT2D eigenvalue weighted by Crippen LogP contribution is 2.12. The summed E-state index contributed by atoms with van der Waals surface area (Å²) in [4.78, 5) is 10.1. The molecule has 0 spiro atoms. The molecule has 7 heteroatoms. The van der Waals surface area contributed by atoms with Gasteiger partial charge in [-0.15, -0.1) is 11.3 Å². The fourth-order valence-corrected chi connectivity index (χ4v) is 2.84. The van der Waals surface area contributed by atoms with Gasteiger partial charge in [0.1, 0.15) is 0 Å². The van der Waals surface area contributed by atoms with Crippen LogP contribution in [0.5, 0.6) is 0 Å². The third kappa shape index (κ3) is 5.90. The summed E-state index contributed by atoms with van der Waals surface area (Å²) >= 11 is 1.65. The first-order valence-electron chi connectivity index (χ1n) is 7.90. The molecule has 0 radical (unpaired) electrons. The van der Waals surface area contributed by atoms with Crippen LogP contribution >= 0.6 is 11.3 Å². The summed E-state index contributed by atoms with van der Waals surface area (Å²) in [5.41, 5.74) is 2.93. The van der Waals surface area contributed by atoms with Crippen LogP contribution in [0.3, 0.4) is 0 Å². The molecule has 1 aromatic heterocycles. The van der Waals surface area contributed by atoms with E-state index in [1.807, 2.05) is 12.4 Å². The summed E-state index contributed by atoms with van der Waals surface area (Å²) in [5, 5.41) is 6.60.